The third-order valence-electron chi connectivity index (χ3n) is 5.60. The molecule has 0 saturated carbocycles. The Morgan fingerprint density at radius 3 is 2.22 bits per heavy atom. The molecule has 3 amide bonds. The Morgan fingerprint density at radius 2 is 1.67 bits per heavy atom. The molecule has 1 aromatic carbocycles. The fourth-order valence-corrected chi connectivity index (χ4v) is 3.89. The topological polar surface area (TPSA) is 108 Å². The number of hydrogen-bond donors (Lipinski definition) is 3. The third kappa shape index (κ3) is 10.9. The molecule has 0 heterocycles. The molecule has 0 radical (unpaired) electrons. The van der Waals surface area contributed by atoms with Gasteiger partial charge in [0.05, 0.1) is 0 Å². The van der Waals surface area contributed by atoms with E-state index in [-0.39, 0.29) is 23.5 Å². The first kappa shape index (κ1) is 31.3. The van der Waals surface area contributed by atoms with Crippen LogP contribution in [0.15, 0.2) is 24.3 Å². The molecule has 0 aliphatic carbocycles. The highest BCUT2D eigenvalue weighted by Crippen LogP contribution is 2.30. The lowest BCUT2D eigenvalue weighted by atomic mass is 9.98. The lowest BCUT2D eigenvalue weighted by Crippen LogP contribution is -2.53. The van der Waals surface area contributed by atoms with Crippen molar-refractivity contribution >= 4 is 17.9 Å². The number of carbonyl (C=O) groups is 3. The molecule has 0 spiro atoms. The first-order valence-corrected chi connectivity index (χ1v) is 13.3. The average molecular weight is 506 g/mol. The molecule has 204 valence electrons. The molecule has 0 bridgehead atoms. The molecule has 0 fully saturated rings. The van der Waals surface area contributed by atoms with Crippen LogP contribution in [0.4, 0.5) is 4.79 Å². The monoisotopic (exact) mass is 505 g/mol. The summed E-state index contributed by atoms with van der Waals surface area (Å²) >= 11 is 0. The van der Waals surface area contributed by atoms with E-state index in [2.05, 4.69) is 17.6 Å². The molecule has 8 nitrogen and oxygen atoms in total. The predicted octanol–water partition coefficient (Wildman–Crippen LogP) is 5.31. The standard InChI is InChI=1S/C28H47N3O5/c1-8-10-14-17-29-25(33)24(21-15-12-13-16-23(21)32)31(18-11-9-2)26(34)22(19-20(3)4)30-27(35)36-28(5,6)7/h12-13,15-16,20,22,24,32H,8-11,14,17-19H2,1-7H3,(H,29,33)(H,30,35). The number of para-hydroxylation sites is 1. The van der Waals surface area contributed by atoms with Crippen LogP contribution in [-0.4, -0.2) is 52.6 Å². The van der Waals surface area contributed by atoms with E-state index in [9.17, 15) is 19.5 Å². The Morgan fingerprint density at radius 1 is 1.03 bits per heavy atom. The van der Waals surface area contributed by atoms with Crippen LogP contribution in [0.5, 0.6) is 5.75 Å². The molecular weight excluding hydrogens is 458 g/mol. The molecule has 2 unspecified atom stereocenters. The minimum Gasteiger partial charge on any atom is -0.508 e. The van der Waals surface area contributed by atoms with Crippen molar-refractivity contribution < 1.29 is 24.2 Å². The number of phenols is 1. The number of ether oxygens (including phenoxy) is 1. The summed E-state index contributed by atoms with van der Waals surface area (Å²) in [6.07, 6.45) is 4.01. The van der Waals surface area contributed by atoms with Gasteiger partial charge in [-0.25, -0.2) is 4.79 Å². The minimum atomic E-state index is -1.03. The predicted molar refractivity (Wildman–Crippen MR) is 143 cm³/mol. The maximum Gasteiger partial charge on any atom is 0.408 e. The van der Waals surface area contributed by atoms with Crippen molar-refractivity contribution in [3.8, 4) is 5.75 Å². The number of hydrogen-bond acceptors (Lipinski definition) is 5. The number of benzene rings is 1. The van der Waals surface area contributed by atoms with E-state index in [0.29, 0.717) is 31.5 Å². The summed E-state index contributed by atoms with van der Waals surface area (Å²) in [5.74, 6) is -0.674. The van der Waals surface area contributed by atoms with Crippen molar-refractivity contribution in [1.29, 1.82) is 0 Å². The van der Waals surface area contributed by atoms with E-state index in [0.717, 1.165) is 25.7 Å². The van der Waals surface area contributed by atoms with E-state index >= 15 is 0 Å². The summed E-state index contributed by atoms with van der Waals surface area (Å²) in [5, 5.41) is 16.3. The number of phenolic OH excluding ortho intramolecular Hbond substituents is 1. The summed E-state index contributed by atoms with van der Waals surface area (Å²) in [6, 6.07) is 4.69. The lowest BCUT2D eigenvalue weighted by Gasteiger charge is -2.35. The van der Waals surface area contributed by atoms with Crippen molar-refractivity contribution in [2.75, 3.05) is 13.1 Å². The van der Waals surface area contributed by atoms with Gasteiger partial charge in [-0.3, -0.25) is 9.59 Å². The van der Waals surface area contributed by atoms with Crippen LogP contribution in [0.3, 0.4) is 0 Å². The molecule has 0 aliphatic heterocycles. The van der Waals surface area contributed by atoms with Crippen molar-refractivity contribution in [2.45, 2.75) is 105 Å². The number of carbonyl (C=O) groups excluding carboxylic acids is 3. The highest BCUT2D eigenvalue weighted by Gasteiger charge is 2.37. The zero-order chi connectivity index (χ0) is 27.3. The van der Waals surface area contributed by atoms with Gasteiger partial charge in [0.25, 0.3) is 0 Å². The second-order valence-corrected chi connectivity index (χ2v) is 10.7. The molecule has 1 rings (SSSR count). The van der Waals surface area contributed by atoms with Gasteiger partial charge in [-0.1, -0.05) is 65.2 Å². The van der Waals surface area contributed by atoms with Gasteiger partial charge in [-0.05, 0) is 52.0 Å². The normalized spacial score (nSPS) is 13.1. The third-order valence-corrected chi connectivity index (χ3v) is 5.60. The summed E-state index contributed by atoms with van der Waals surface area (Å²) in [7, 11) is 0. The zero-order valence-corrected chi connectivity index (χ0v) is 23.2. The van der Waals surface area contributed by atoms with E-state index < -0.39 is 23.8 Å². The Labute approximate surface area is 217 Å². The molecule has 3 N–H and O–H groups in total. The SMILES string of the molecule is CCCCCNC(=O)C(c1ccccc1O)N(CCCC)C(=O)C(CC(C)C)NC(=O)OC(C)(C)C. The molecule has 0 saturated heterocycles. The number of rotatable bonds is 14. The zero-order valence-electron chi connectivity index (χ0n) is 23.2. The largest absolute Gasteiger partial charge is 0.508 e. The Hall–Kier alpha value is -2.77. The van der Waals surface area contributed by atoms with E-state index in [1.54, 1.807) is 39.0 Å². The van der Waals surface area contributed by atoms with Crippen LogP contribution in [0.25, 0.3) is 0 Å². The van der Waals surface area contributed by atoms with Crippen LogP contribution in [0, 0.1) is 5.92 Å². The minimum absolute atomic E-state index is 0.0546. The van der Waals surface area contributed by atoms with Gasteiger partial charge in [-0.2, -0.15) is 0 Å². The number of nitrogens with one attached hydrogen (secondary N) is 2. The molecule has 0 aliphatic rings. The quantitative estimate of drug-likeness (QED) is 0.297. The Bertz CT molecular complexity index is 835. The van der Waals surface area contributed by atoms with Crippen LogP contribution < -0.4 is 10.6 Å². The van der Waals surface area contributed by atoms with Gasteiger partial charge < -0.3 is 25.4 Å². The second kappa shape index (κ2) is 15.4. The maximum atomic E-state index is 14.0. The first-order chi connectivity index (χ1) is 16.9. The van der Waals surface area contributed by atoms with Crippen molar-refractivity contribution in [1.82, 2.24) is 15.5 Å². The maximum absolute atomic E-state index is 14.0. The summed E-state index contributed by atoms with van der Waals surface area (Å²) < 4.78 is 5.41. The highest BCUT2D eigenvalue weighted by atomic mass is 16.6. The van der Waals surface area contributed by atoms with Gasteiger partial charge >= 0.3 is 6.09 Å². The van der Waals surface area contributed by atoms with Crippen molar-refractivity contribution in [3.63, 3.8) is 0 Å². The highest BCUT2D eigenvalue weighted by molar-refractivity contribution is 5.92. The molecule has 0 aromatic heterocycles. The number of nitrogens with zero attached hydrogens (tertiary/aromatic N) is 1. The average Bonchev–Trinajstić information content (AvgIpc) is 2.77. The number of aromatic hydroxyl groups is 1. The summed E-state index contributed by atoms with van der Waals surface area (Å²) in [5.41, 5.74) is -0.357. The van der Waals surface area contributed by atoms with Crippen molar-refractivity contribution in [2.24, 2.45) is 5.92 Å². The molecular formula is C28H47N3O5. The summed E-state index contributed by atoms with van der Waals surface area (Å²) in [4.78, 5) is 41.6. The van der Waals surface area contributed by atoms with Crippen molar-refractivity contribution in [3.05, 3.63) is 29.8 Å². The smallest absolute Gasteiger partial charge is 0.408 e. The van der Waals surface area contributed by atoms with E-state index in [1.165, 1.54) is 11.0 Å². The van der Waals surface area contributed by atoms with E-state index in [1.807, 2.05) is 20.8 Å². The lowest BCUT2D eigenvalue weighted by molar-refractivity contribution is -0.143. The van der Waals surface area contributed by atoms with Gasteiger partial charge in [0.1, 0.15) is 23.4 Å². The molecule has 1 aromatic rings. The van der Waals surface area contributed by atoms with Gasteiger partial charge in [0, 0.05) is 18.7 Å². The Balaban J connectivity index is 3.40. The fourth-order valence-electron chi connectivity index (χ4n) is 3.89. The number of alkyl carbamates (subject to hydrolysis) is 1. The number of unbranched alkanes of at least 4 members (excludes halogenated alkanes) is 3. The summed E-state index contributed by atoms with van der Waals surface area (Å²) in [6.45, 7) is 14.1. The molecule has 2 atom stereocenters. The van der Waals surface area contributed by atoms with Crippen LogP contribution in [-0.2, 0) is 14.3 Å². The van der Waals surface area contributed by atoms with Gasteiger partial charge in [-0.15, -0.1) is 0 Å². The van der Waals surface area contributed by atoms with Gasteiger partial charge in [0.15, 0.2) is 0 Å². The second-order valence-electron chi connectivity index (χ2n) is 10.7. The van der Waals surface area contributed by atoms with Crippen LogP contribution in [0.2, 0.25) is 0 Å². The van der Waals surface area contributed by atoms with Crippen LogP contribution >= 0.6 is 0 Å². The van der Waals surface area contributed by atoms with E-state index in [4.69, 9.17) is 4.74 Å². The van der Waals surface area contributed by atoms with Crippen LogP contribution in [0.1, 0.15) is 98.6 Å². The first-order valence-electron chi connectivity index (χ1n) is 13.3. The molecule has 8 heteroatoms. The fraction of sp³-hybridized carbons (Fsp3) is 0.679. The number of amides is 3. The van der Waals surface area contributed by atoms with Gasteiger partial charge in [0.2, 0.25) is 11.8 Å². The molecule has 36 heavy (non-hydrogen) atoms. The Kier molecular flexibility index (Phi) is 13.3.